The van der Waals surface area contributed by atoms with Crippen LogP contribution in [-0.4, -0.2) is 73.4 Å². The number of nitrogens with one attached hydrogen (secondary N) is 2. The van der Waals surface area contributed by atoms with Gasteiger partial charge in [-0.25, -0.2) is 15.0 Å². The normalized spacial score (nSPS) is 22.6. The van der Waals surface area contributed by atoms with Crippen LogP contribution in [0.1, 0.15) is 53.4 Å². The summed E-state index contributed by atoms with van der Waals surface area (Å²) in [6.45, 7) is 8.00. The number of aliphatic imine (C=N–C) groups is 3. The Hall–Kier alpha value is -2.70. The number of nitrogens with two attached hydrogens (primary N) is 2. The molecule has 0 aromatic heterocycles. The molecule has 2 rings (SSSR count). The molecule has 5 atom stereocenters. The Morgan fingerprint density at radius 3 is 2.32 bits per heavy atom. The molecule has 2 heterocycles. The SMILES string of the molecule is CC[C@H](C)[C@H](N)C(=O)OCCCCNC1(COC(=O)[C@@H](N)[C@@H](C)CC)N=C2N=CN=C2C(=O)N1. The fourth-order valence-corrected chi connectivity index (χ4v) is 3.20. The molecule has 0 bridgehead atoms. The molecule has 2 aliphatic rings. The van der Waals surface area contributed by atoms with Gasteiger partial charge in [-0.3, -0.25) is 19.7 Å². The van der Waals surface area contributed by atoms with Gasteiger partial charge in [0.05, 0.1) is 6.61 Å². The van der Waals surface area contributed by atoms with E-state index in [1.807, 2.05) is 27.7 Å². The molecule has 0 fully saturated rings. The first-order chi connectivity index (χ1) is 16.1. The Morgan fingerprint density at radius 1 is 1.09 bits per heavy atom. The van der Waals surface area contributed by atoms with Gasteiger partial charge in [0.25, 0.3) is 5.91 Å². The number of amides is 1. The zero-order valence-electron chi connectivity index (χ0n) is 20.4. The molecular weight excluding hydrogens is 442 g/mol. The summed E-state index contributed by atoms with van der Waals surface area (Å²) >= 11 is 0. The number of ether oxygens (including phenoxy) is 2. The molecule has 0 aromatic carbocycles. The third-order valence-corrected chi connectivity index (χ3v) is 6.13. The Bertz CT molecular complexity index is 844. The van der Waals surface area contributed by atoms with Crippen molar-refractivity contribution in [1.82, 2.24) is 10.6 Å². The summed E-state index contributed by atoms with van der Waals surface area (Å²) in [5.41, 5.74) is 11.9. The first-order valence-electron chi connectivity index (χ1n) is 11.8. The van der Waals surface area contributed by atoms with Crippen LogP contribution in [0.25, 0.3) is 0 Å². The van der Waals surface area contributed by atoms with Crippen molar-refractivity contribution in [3.05, 3.63) is 0 Å². The average Bonchev–Trinajstić information content (AvgIpc) is 3.31. The minimum Gasteiger partial charge on any atom is -0.465 e. The molecule has 1 amide bonds. The summed E-state index contributed by atoms with van der Waals surface area (Å²) in [6.07, 6.45) is 3.92. The lowest BCUT2D eigenvalue weighted by atomic mass is 10.0. The smallest absolute Gasteiger partial charge is 0.323 e. The van der Waals surface area contributed by atoms with Gasteiger partial charge in [0.15, 0.2) is 11.5 Å². The number of esters is 2. The van der Waals surface area contributed by atoms with Crippen LogP contribution in [0.3, 0.4) is 0 Å². The van der Waals surface area contributed by atoms with Crippen molar-refractivity contribution >= 4 is 35.7 Å². The van der Waals surface area contributed by atoms with E-state index in [1.165, 1.54) is 6.34 Å². The van der Waals surface area contributed by atoms with Gasteiger partial charge < -0.3 is 26.3 Å². The van der Waals surface area contributed by atoms with E-state index in [2.05, 4.69) is 25.6 Å². The first kappa shape index (κ1) is 27.5. The summed E-state index contributed by atoms with van der Waals surface area (Å²) < 4.78 is 10.7. The van der Waals surface area contributed by atoms with Crippen molar-refractivity contribution < 1.29 is 23.9 Å². The van der Waals surface area contributed by atoms with Crippen molar-refractivity contribution in [2.75, 3.05) is 19.8 Å². The van der Waals surface area contributed by atoms with Gasteiger partial charge in [0, 0.05) is 0 Å². The topological polar surface area (TPSA) is 183 Å². The molecule has 12 nitrogen and oxygen atoms in total. The largest absolute Gasteiger partial charge is 0.465 e. The van der Waals surface area contributed by atoms with Crippen molar-refractivity contribution in [2.45, 2.75) is 71.2 Å². The maximum atomic E-state index is 12.5. The van der Waals surface area contributed by atoms with Gasteiger partial charge >= 0.3 is 11.9 Å². The number of carbonyl (C=O) groups is 3. The molecule has 12 heteroatoms. The van der Waals surface area contributed by atoms with Crippen LogP contribution in [-0.2, 0) is 23.9 Å². The number of carbonyl (C=O) groups excluding carboxylic acids is 3. The standard InChI is InChI=1S/C22H37N7O5/c1-5-13(3)15(23)20(31)33-10-8-7-9-27-22(11-34-21(32)16(24)14(4)6-2)28-18-17(19(30)29-22)25-12-26-18/h12-16,27H,5-11,23-24H2,1-4H3,(H,29,30)/t13-,14-,15-,16-,22?/m0/s1. The highest BCUT2D eigenvalue weighted by molar-refractivity contribution is 6.69. The lowest BCUT2D eigenvalue weighted by Crippen LogP contribution is -2.65. The molecule has 0 saturated heterocycles. The Balaban J connectivity index is 1.93. The molecule has 34 heavy (non-hydrogen) atoms. The Morgan fingerprint density at radius 2 is 1.71 bits per heavy atom. The second-order valence-electron chi connectivity index (χ2n) is 8.70. The van der Waals surface area contributed by atoms with Gasteiger partial charge in [-0.2, -0.15) is 0 Å². The average molecular weight is 480 g/mol. The molecule has 190 valence electrons. The maximum absolute atomic E-state index is 12.5. The number of hydrogen-bond donors (Lipinski definition) is 4. The number of nitrogens with zero attached hydrogens (tertiary/aromatic N) is 3. The zero-order valence-corrected chi connectivity index (χ0v) is 20.4. The quantitative estimate of drug-likeness (QED) is 0.196. The lowest BCUT2D eigenvalue weighted by Gasteiger charge is -2.34. The second kappa shape index (κ2) is 12.7. The zero-order chi connectivity index (χ0) is 25.3. The molecular formula is C22H37N7O5. The molecule has 0 spiro atoms. The molecule has 2 aliphatic heterocycles. The van der Waals surface area contributed by atoms with Gasteiger partial charge in [0.2, 0.25) is 5.79 Å². The molecule has 0 aromatic rings. The van der Waals surface area contributed by atoms with Crippen LogP contribution in [0, 0.1) is 11.8 Å². The van der Waals surface area contributed by atoms with Crippen LogP contribution in [0.2, 0.25) is 0 Å². The predicted octanol–water partition coefficient (Wildman–Crippen LogP) is -0.146. The van der Waals surface area contributed by atoms with Gasteiger partial charge in [-0.1, -0.05) is 40.5 Å². The third kappa shape index (κ3) is 7.15. The molecule has 6 N–H and O–H groups in total. The van der Waals surface area contributed by atoms with E-state index >= 15 is 0 Å². The van der Waals surface area contributed by atoms with Crippen molar-refractivity contribution in [2.24, 2.45) is 38.3 Å². The van der Waals surface area contributed by atoms with Crippen LogP contribution in [0.4, 0.5) is 0 Å². The highest BCUT2D eigenvalue weighted by Gasteiger charge is 2.41. The van der Waals surface area contributed by atoms with E-state index in [4.69, 9.17) is 20.9 Å². The molecule has 0 aliphatic carbocycles. The highest BCUT2D eigenvalue weighted by Crippen LogP contribution is 2.15. The maximum Gasteiger partial charge on any atom is 0.323 e. The number of unbranched alkanes of at least 4 members (excludes halogenated alkanes) is 1. The summed E-state index contributed by atoms with van der Waals surface area (Å²) in [6, 6.07) is -1.42. The van der Waals surface area contributed by atoms with E-state index in [9.17, 15) is 14.4 Å². The van der Waals surface area contributed by atoms with Crippen LogP contribution >= 0.6 is 0 Å². The highest BCUT2D eigenvalue weighted by atomic mass is 16.5. The molecule has 0 radical (unpaired) electrons. The van der Waals surface area contributed by atoms with Crippen molar-refractivity contribution in [3.8, 4) is 0 Å². The van der Waals surface area contributed by atoms with E-state index in [0.29, 0.717) is 19.4 Å². The summed E-state index contributed by atoms with van der Waals surface area (Å²) in [7, 11) is 0. The lowest BCUT2D eigenvalue weighted by molar-refractivity contribution is -0.150. The van der Waals surface area contributed by atoms with Gasteiger partial charge in [-0.15, -0.1) is 0 Å². The Kier molecular flexibility index (Phi) is 10.3. The predicted molar refractivity (Wildman–Crippen MR) is 128 cm³/mol. The van der Waals surface area contributed by atoms with Gasteiger partial charge in [0.1, 0.15) is 25.0 Å². The first-order valence-corrected chi connectivity index (χ1v) is 11.8. The number of rotatable bonds is 14. The number of amidine groups is 1. The minimum atomic E-state index is -1.41. The molecule has 0 saturated carbocycles. The van der Waals surface area contributed by atoms with Crippen LogP contribution in [0.15, 0.2) is 15.0 Å². The fourth-order valence-electron chi connectivity index (χ4n) is 3.20. The van der Waals surface area contributed by atoms with Crippen molar-refractivity contribution in [1.29, 1.82) is 0 Å². The summed E-state index contributed by atoms with van der Waals surface area (Å²) in [4.78, 5) is 49.2. The number of hydrogen-bond acceptors (Lipinski definition) is 11. The summed E-state index contributed by atoms with van der Waals surface area (Å²) in [5.74, 6) is -2.74. The number of fused-ring (bicyclic) bond motifs is 1. The van der Waals surface area contributed by atoms with Gasteiger partial charge in [-0.05, 0) is 31.2 Å². The fraction of sp³-hybridized carbons (Fsp3) is 0.727. The van der Waals surface area contributed by atoms with Crippen LogP contribution < -0.4 is 22.1 Å². The molecule has 1 unspecified atom stereocenters. The van der Waals surface area contributed by atoms with E-state index < -0.39 is 35.7 Å². The van der Waals surface area contributed by atoms with E-state index in [0.717, 1.165) is 12.8 Å². The third-order valence-electron chi connectivity index (χ3n) is 6.13. The monoisotopic (exact) mass is 479 g/mol. The van der Waals surface area contributed by atoms with E-state index in [1.54, 1.807) is 0 Å². The second-order valence-corrected chi connectivity index (χ2v) is 8.70. The van der Waals surface area contributed by atoms with Crippen molar-refractivity contribution in [3.63, 3.8) is 0 Å². The Labute approximate surface area is 200 Å². The van der Waals surface area contributed by atoms with E-state index in [-0.39, 0.29) is 36.6 Å². The minimum absolute atomic E-state index is 0.0471. The summed E-state index contributed by atoms with van der Waals surface area (Å²) in [5, 5.41) is 5.84. The van der Waals surface area contributed by atoms with Crippen LogP contribution in [0.5, 0.6) is 0 Å².